The molecular formula is C17H29NO2. The molecule has 0 radical (unpaired) electrons. The predicted octanol–water partition coefficient (Wildman–Crippen LogP) is 2.87. The van der Waals surface area contributed by atoms with Crippen LogP contribution in [0.15, 0.2) is 0 Å². The zero-order chi connectivity index (χ0) is 14.6. The van der Waals surface area contributed by atoms with E-state index in [9.17, 15) is 4.79 Å². The fourth-order valence-corrected chi connectivity index (χ4v) is 6.59. The molecule has 20 heavy (non-hydrogen) atoms. The minimum absolute atomic E-state index is 0.0246. The Bertz CT molecular complexity index is 401. The monoisotopic (exact) mass is 279 g/mol. The van der Waals surface area contributed by atoms with Crippen molar-refractivity contribution in [3.8, 4) is 0 Å². The Morgan fingerprint density at radius 3 is 2.30 bits per heavy atom. The average molecular weight is 279 g/mol. The number of aliphatic hydroxyl groups is 1. The first kappa shape index (κ1) is 14.4. The number of amides is 1. The second-order valence-corrected chi connectivity index (χ2v) is 8.96. The molecule has 3 heteroatoms. The van der Waals surface area contributed by atoms with E-state index >= 15 is 0 Å². The lowest BCUT2D eigenvalue weighted by Gasteiger charge is -2.65. The van der Waals surface area contributed by atoms with E-state index in [0.717, 1.165) is 5.92 Å². The average Bonchev–Trinajstić information content (AvgIpc) is 2.22. The van der Waals surface area contributed by atoms with Gasteiger partial charge in [-0.2, -0.15) is 0 Å². The molecule has 0 aromatic rings. The van der Waals surface area contributed by atoms with Gasteiger partial charge in [0, 0.05) is 12.5 Å². The van der Waals surface area contributed by atoms with Crippen LogP contribution in [0.1, 0.15) is 65.7 Å². The summed E-state index contributed by atoms with van der Waals surface area (Å²) < 4.78 is 0. The lowest BCUT2D eigenvalue weighted by atomic mass is 9.40. The number of nitrogens with one attached hydrogen (secondary N) is 1. The van der Waals surface area contributed by atoms with Gasteiger partial charge in [-0.3, -0.25) is 4.79 Å². The third-order valence-electron chi connectivity index (χ3n) is 5.96. The van der Waals surface area contributed by atoms with Crippen molar-refractivity contribution < 1.29 is 9.90 Å². The number of carbonyl (C=O) groups is 1. The van der Waals surface area contributed by atoms with Crippen molar-refractivity contribution in [1.29, 1.82) is 0 Å². The van der Waals surface area contributed by atoms with Crippen LogP contribution in [0.2, 0.25) is 0 Å². The van der Waals surface area contributed by atoms with Gasteiger partial charge in [0.25, 0.3) is 0 Å². The van der Waals surface area contributed by atoms with Gasteiger partial charge in [0.2, 0.25) is 5.91 Å². The van der Waals surface area contributed by atoms with Gasteiger partial charge >= 0.3 is 0 Å². The largest absolute Gasteiger partial charge is 0.394 e. The zero-order valence-corrected chi connectivity index (χ0v) is 13.2. The molecule has 4 bridgehead atoms. The van der Waals surface area contributed by atoms with Crippen LogP contribution >= 0.6 is 0 Å². The summed E-state index contributed by atoms with van der Waals surface area (Å²) in [7, 11) is 0. The molecule has 4 aliphatic carbocycles. The van der Waals surface area contributed by atoms with E-state index in [-0.39, 0.29) is 24.0 Å². The topological polar surface area (TPSA) is 49.3 Å². The van der Waals surface area contributed by atoms with Gasteiger partial charge in [-0.05, 0) is 67.6 Å². The van der Waals surface area contributed by atoms with Gasteiger partial charge in [-0.1, -0.05) is 13.8 Å². The van der Waals surface area contributed by atoms with Crippen LogP contribution in [0.3, 0.4) is 0 Å². The summed E-state index contributed by atoms with van der Waals surface area (Å²) >= 11 is 0. The van der Waals surface area contributed by atoms with Gasteiger partial charge in [0.05, 0.1) is 6.61 Å². The molecule has 0 aromatic heterocycles. The van der Waals surface area contributed by atoms with Crippen molar-refractivity contribution in [2.75, 3.05) is 6.61 Å². The van der Waals surface area contributed by atoms with E-state index < -0.39 is 0 Å². The zero-order valence-electron chi connectivity index (χ0n) is 13.2. The molecule has 114 valence electrons. The Morgan fingerprint density at radius 2 is 1.80 bits per heavy atom. The molecule has 1 amide bonds. The minimum atomic E-state index is -0.123. The van der Waals surface area contributed by atoms with Gasteiger partial charge in [-0.15, -0.1) is 0 Å². The first-order valence-electron chi connectivity index (χ1n) is 8.16. The lowest BCUT2D eigenvalue weighted by Crippen LogP contribution is -2.56. The number of hydrogen-bond donors (Lipinski definition) is 2. The molecule has 4 saturated carbocycles. The van der Waals surface area contributed by atoms with Crippen molar-refractivity contribution in [3.05, 3.63) is 0 Å². The van der Waals surface area contributed by atoms with E-state index in [1.807, 2.05) is 6.92 Å². The maximum atomic E-state index is 12.3. The summed E-state index contributed by atoms with van der Waals surface area (Å²) in [5, 5.41) is 12.0. The van der Waals surface area contributed by atoms with Gasteiger partial charge < -0.3 is 10.4 Å². The van der Waals surface area contributed by atoms with Crippen LogP contribution < -0.4 is 5.32 Å². The molecule has 0 spiro atoms. The summed E-state index contributed by atoms with van der Waals surface area (Å²) in [6.07, 6.45) is 8.48. The summed E-state index contributed by atoms with van der Waals surface area (Å²) in [6, 6.07) is -0.123. The number of rotatable bonds is 4. The second-order valence-electron chi connectivity index (χ2n) is 8.96. The Balaban J connectivity index is 1.74. The highest BCUT2D eigenvalue weighted by Crippen LogP contribution is 2.70. The number of carbonyl (C=O) groups excluding carboxylic acids is 1. The maximum absolute atomic E-state index is 12.3. The molecule has 3 atom stereocenters. The van der Waals surface area contributed by atoms with Crippen molar-refractivity contribution in [2.45, 2.75) is 71.8 Å². The van der Waals surface area contributed by atoms with Gasteiger partial charge in [0.15, 0.2) is 0 Å². The summed E-state index contributed by atoms with van der Waals surface area (Å²) in [6.45, 7) is 6.77. The molecule has 2 unspecified atom stereocenters. The quantitative estimate of drug-likeness (QED) is 0.831. The van der Waals surface area contributed by atoms with Crippen LogP contribution in [0.25, 0.3) is 0 Å². The Kier molecular flexibility index (Phi) is 3.20. The highest BCUT2D eigenvalue weighted by molar-refractivity contribution is 5.77. The van der Waals surface area contributed by atoms with Crippen molar-refractivity contribution in [1.82, 2.24) is 5.32 Å². The van der Waals surface area contributed by atoms with E-state index in [0.29, 0.717) is 17.3 Å². The third-order valence-corrected chi connectivity index (χ3v) is 5.96. The SMILES string of the molecule is C[C@@H](CO)NC(=O)CC12CC3CC(C)(CC(C)(C3)C1)C2. The summed E-state index contributed by atoms with van der Waals surface area (Å²) in [5.74, 6) is 0.977. The van der Waals surface area contributed by atoms with Crippen LogP contribution in [-0.2, 0) is 4.79 Å². The summed E-state index contributed by atoms with van der Waals surface area (Å²) in [5.41, 5.74) is 1.18. The Morgan fingerprint density at radius 1 is 1.20 bits per heavy atom. The van der Waals surface area contributed by atoms with E-state index in [1.54, 1.807) is 0 Å². The predicted molar refractivity (Wildman–Crippen MR) is 79.1 cm³/mol. The lowest BCUT2D eigenvalue weighted by molar-refractivity contribution is -0.156. The van der Waals surface area contributed by atoms with Crippen LogP contribution in [0.4, 0.5) is 0 Å². The number of aliphatic hydroxyl groups excluding tert-OH is 1. The van der Waals surface area contributed by atoms with E-state index in [4.69, 9.17) is 5.11 Å². The molecule has 0 heterocycles. The molecule has 0 aromatic carbocycles. The molecule has 2 N–H and O–H groups in total. The van der Waals surface area contributed by atoms with Crippen molar-refractivity contribution >= 4 is 5.91 Å². The highest BCUT2D eigenvalue weighted by atomic mass is 16.3. The van der Waals surface area contributed by atoms with Crippen molar-refractivity contribution in [2.24, 2.45) is 22.2 Å². The Labute approximate surface area is 122 Å². The van der Waals surface area contributed by atoms with Crippen LogP contribution in [0, 0.1) is 22.2 Å². The molecule has 3 nitrogen and oxygen atoms in total. The third kappa shape index (κ3) is 2.49. The highest BCUT2D eigenvalue weighted by Gasteiger charge is 2.60. The van der Waals surface area contributed by atoms with Crippen LogP contribution in [-0.4, -0.2) is 23.7 Å². The molecule has 0 saturated heterocycles. The van der Waals surface area contributed by atoms with E-state index in [1.165, 1.54) is 38.5 Å². The molecule has 0 aliphatic heterocycles. The first-order chi connectivity index (χ1) is 9.26. The van der Waals surface area contributed by atoms with Gasteiger partial charge in [-0.25, -0.2) is 0 Å². The maximum Gasteiger partial charge on any atom is 0.220 e. The molecular weight excluding hydrogens is 250 g/mol. The molecule has 4 rings (SSSR count). The van der Waals surface area contributed by atoms with Crippen molar-refractivity contribution in [3.63, 3.8) is 0 Å². The minimum Gasteiger partial charge on any atom is -0.394 e. The number of hydrogen-bond acceptors (Lipinski definition) is 2. The van der Waals surface area contributed by atoms with Gasteiger partial charge in [0.1, 0.15) is 0 Å². The van der Waals surface area contributed by atoms with E-state index in [2.05, 4.69) is 19.2 Å². The standard InChI is InChI=1S/C17H29NO2/c1-12(8-19)18-14(20)7-17-6-13-4-15(2,10-17)9-16(3,5-13)11-17/h12-13,19H,4-11H2,1-3H3,(H,18,20)/t12-,13?,15?,16?,17?/m0/s1. The second kappa shape index (κ2) is 4.46. The Hall–Kier alpha value is -0.570. The first-order valence-corrected chi connectivity index (χ1v) is 8.16. The van der Waals surface area contributed by atoms with Crippen LogP contribution in [0.5, 0.6) is 0 Å². The normalized spacial score (nSPS) is 47.3. The summed E-state index contributed by atoms with van der Waals surface area (Å²) in [4.78, 5) is 12.3. The molecule has 4 aliphatic rings. The fourth-order valence-electron chi connectivity index (χ4n) is 6.59. The fraction of sp³-hybridized carbons (Fsp3) is 0.941. The molecule has 4 fully saturated rings. The smallest absolute Gasteiger partial charge is 0.220 e.